The molecule has 1 heterocycles. The van der Waals surface area contributed by atoms with Gasteiger partial charge in [0.05, 0.1) is 0 Å². The van der Waals surface area contributed by atoms with Crippen LogP contribution in [-0.4, -0.2) is 11.6 Å². The fraction of sp³-hybridized carbons (Fsp3) is 0.263. The number of Topliss-reactive ketones (excluding diaryl/α,β-unsaturated/α-hetero) is 2. The lowest BCUT2D eigenvalue weighted by atomic mass is 9.97. The lowest BCUT2D eigenvalue weighted by molar-refractivity contribution is -0.300. The van der Waals surface area contributed by atoms with Crippen LogP contribution in [0.25, 0.3) is 0 Å². The Morgan fingerprint density at radius 3 is 1.39 bits per heavy atom. The van der Waals surface area contributed by atoms with Gasteiger partial charge in [0.25, 0.3) is 0 Å². The van der Waals surface area contributed by atoms with E-state index >= 15 is 0 Å². The first kappa shape index (κ1) is 15.6. The maximum atomic E-state index is 11.3. The van der Waals surface area contributed by atoms with E-state index in [0.717, 1.165) is 11.1 Å². The van der Waals surface area contributed by atoms with Crippen LogP contribution < -0.4 is 0 Å². The topological polar surface area (TPSA) is 52.6 Å². The Bertz CT molecular complexity index is 653. The zero-order valence-electron chi connectivity index (χ0n) is 13.1. The van der Waals surface area contributed by atoms with Crippen LogP contribution in [0.1, 0.15) is 64.3 Å². The molecular weight excluding hydrogens is 292 g/mol. The molecule has 0 spiro atoms. The number of ketones is 2. The third-order valence-corrected chi connectivity index (χ3v) is 4.09. The molecule has 0 aliphatic carbocycles. The highest BCUT2D eigenvalue weighted by Crippen LogP contribution is 2.39. The largest absolute Gasteiger partial charge is 0.295 e. The molecule has 0 amide bonds. The normalized spacial score (nSPS) is 20.4. The number of hydrogen-bond donors (Lipinski definition) is 0. The van der Waals surface area contributed by atoms with Gasteiger partial charge in [0.1, 0.15) is 12.2 Å². The van der Waals surface area contributed by atoms with Crippen LogP contribution in [0.5, 0.6) is 0 Å². The SMILES string of the molecule is CC(=O)c1ccc(C2CC(c3ccc(C(C)=O)cc3)OO2)cc1. The number of hydrogen-bond acceptors (Lipinski definition) is 4. The Hall–Kier alpha value is -2.30. The maximum absolute atomic E-state index is 11.3. The summed E-state index contributed by atoms with van der Waals surface area (Å²) in [6.45, 7) is 3.09. The molecule has 0 saturated carbocycles. The van der Waals surface area contributed by atoms with Crippen molar-refractivity contribution in [1.82, 2.24) is 0 Å². The van der Waals surface area contributed by atoms with Crippen LogP contribution in [0.4, 0.5) is 0 Å². The Morgan fingerprint density at radius 2 is 1.09 bits per heavy atom. The van der Waals surface area contributed by atoms with Crippen molar-refractivity contribution in [1.29, 1.82) is 0 Å². The first-order valence-corrected chi connectivity index (χ1v) is 7.58. The predicted molar refractivity (Wildman–Crippen MR) is 85.2 cm³/mol. The highest BCUT2D eigenvalue weighted by molar-refractivity contribution is 5.94. The molecule has 0 bridgehead atoms. The standard InChI is InChI=1S/C19H18O4/c1-12(20)14-3-7-16(8-4-14)18-11-19(23-22-18)17-9-5-15(6-10-17)13(2)21/h3-10,18-19H,11H2,1-2H3. The van der Waals surface area contributed by atoms with E-state index < -0.39 is 0 Å². The van der Waals surface area contributed by atoms with Crippen LogP contribution in [0.3, 0.4) is 0 Å². The molecule has 23 heavy (non-hydrogen) atoms. The minimum Gasteiger partial charge on any atom is -0.295 e. The van der Waals surface area contributed by atoms with Gasteiger partial charge in [0.2, 0.25) is 0 Å². The van der Waals surface area contributed by atoms with E-state index in [-0.39, 0.29) is 23.8 Å². The van der Waals surface area contributed by atoms with Crippen molar-refractivity contribution in [2.45, 2.75) is 32.5 Å². The second-order valence-corrected chi connectivity index (χ2v) is 5.76. The average molecular weight is 310 g/mol. The molecular formula is C19H18O4. The third kappa shape index (κ3) is 3.38. The smallest absolute Gasteiger partial charge is 0.159 e. The molecule has 1 aliphatic rings. The Kier molecular flexibility index (Phi) is 4.37. The molecule has 4 nitrogen and oxygen atoms in total. The van der Waals surface area contributed by atoms with E-state index in [4.69, 9.17) is 9.78 Å². The van der Waals surface area contributed by atoms with Crippen molar-refractivity contribution in [2.75, 3.05) is 0 Å². The molecule has 3 rings (SSSR count). The monoisotopic (exact) mass is 310 g/mol. The highest BCUT2D eigenvalue weighted by Gasteiger charge is 2.30. The van der Waals surface area contributed by atoms with E-state index in [9.17, 15) is 9.59 Å². The third-order valence-electron chi connectivity index (χ3n) is 4.09. The van der Waals surface area contributed by atoms with Crippen LogP contribution in [0, 0.1) is 0 Å². The lowest BCUT2D eigenvalue weighted by Gasteiger charge is -2.08. The number of benzene rings is 2. The molecule has 1 fully saturated rings. The molecule has 2 aromatic rings. The Labute approximate surface area is 135 Å². The predicted octanol–water partition coefficient (Wildman–Crippen LogP) is 4.23. The van der Waals surface area contributed by atoms with Gasteiger partial charge in [0.15, 0.2) is 11.6 Å². The molecule has 1 aliphatic heterocycles. The summed E-state index contributed by atoms with van der Waals surface area (Å²) in [5, 5.41) is 0. The molecule has 2 unspecified atom stereocenters. The summed E-state index contributed by atoms with van der Waals surface area (Å²) in [5.41, 5.74) is 3.34. The van der Waals surface area contributed by atoms with E-state index in [0.29, 0.717) is 17.5 Å². The van der Waals surface area contributed by atoms with Gasteiger partial charge in [-0.25, -0.2) is 9.78 Å². The van der Waals surface area contributed by atoms with Crippen LogP contribution in [-0.2, 0) is 9.78 Å². The van der Waals surface area contributed by atoms with Crippen molar-refractivity contribution in [3.8, 4) is 0 Å². The minimum atomic E-state index is -0.159. The van der Waals surface area contributed by atoms with Crippen LogP contribution in [0.2, 0.25) is 0 Å². The lowest BCUT2D eigenvalue weighted by Crippen LogP contribution is -1.99. The quantitative estimate of drug-likeness (QED) is 0.626. The average Bonchev–Trinajstić information content (AvgIpc) is 3.05. The maximum Gasteiger partial charge on any atom is 0.159 e. The molecule has 2 aromatic carbocycles. The minimum absolute atomic E-state index is 0.0450. The number of carbonyl (C=O) groups excluding carboxylic acids is 2. The summed E-state index contributed by atoms with van der Waals surface area (Å²) >= 11 is 0. The number of rotatable bonds is 4. The first-order chi connectivity index (χ1) is 11.0. The van der Waals surface area contributed by atoms with Gasteiger partial charge >= 0.3 is 0 Å². The second kappa shape index (κ2) is 6.44. The van der Waals surface area contributed by atoms with Crippen molar-refractivity contribution >= 4 is 11.6 Å². The molecule has 4 heteroatoms. The summed E-state index contributed by atoms with van der Waals surface area (Å²) in [6.07, 6.45) is 0.376. The summed E-state index contributed by atoms with van der Waals surface area (Å²) < 4.78 is 0. The van der Waals surface area contributed by atoms with E-state index in [2.05, 4.69) is 0 Å². The van der Waals surface area contributed by atoms with E-state index in [1.807, 2.05) is 24.3 Å². The Morgan fingerprint density at radius 1 is 0.739 bits per heavy atom. The van der Waals surface area contributed by atoms with Gasteiger partial charge in [0, 0.05) is 17.5 Å². The van der Waals surface area contributed by atoms with Crippen LogP contribution >= 0.6 is 0 Å². The van der Waals surface area contributed by atoms with Crippen molar-refractivity contribution in [3.05, 3.63) is 70.8 Å². The molecule has 0 radical (unpaired) electrons. The molecule has 1 saturated heterocycles. The molecule has 2 atom stereocenters. The molecule has 0 aromatic heterocycles. The first-order valence-electron chi connectivity index (χ1n) is 7.58. The summed E-state index contributed by atoms with van der Waals surface area (Å²) in [6, 6.07) is 14.8. The summed E-state index contributed by atoms with van der Waals surface area (Å²) in [5.74, 6) is 0.0900. The fourth-order valence-electron chi connectivity index (χ4n) is 2.66. The van der Waals surface area contributed by atoms with Gasteiger partial charge in [-0.1, -0.05) is 48.5 Å². The zero-order chi connectivity index (χ0) is 16.4. The van der Waals surface area contributed by atoms with E-state index in [1.165, 1.54) is 0 Å². The molecule has 0 N–H and O–H groups in total. The fourth-order valence-corrected chi connectivity index (χ4v) is 2.66. The van der Waals surface area contributed by atoms with Gasteiger partial charge < -0.3 is 0 Å². The van der Waals surface area contributed by atoms with Crippen molar-refractivity contribution in [2.24, 2.45) is 0 Å². The second-order valence-electron chi connectivity index (χ2n) is 5.76. The highest BCUT2D eigenvalue weighted by atomic mass is 17.2. The number of carbonyl (C=O) groups is 2. The summed E-state index contributed by atoms with van der Waals surface area (Å²) in [7, 11) is 0. The van der Waals surface area contributed by atoms with Crippen molar-refractivity contribution < 1.29 is 19.4 Å². The summed E-state index contributed by atoms with van der Waals surface area (Å²) in [4.78, 5) is 33.5. The van der Waals surface area contributed by atoms with Gasteiger partial charge in [-0.05, 0) is 25.0 Å². The van der Waals surface area contributed by atoms with E-state index in [1.54, 1.807) is 38.1 Å². The van der Waals surface area contributed by atoms with Gasteiger partial charge in [-0.3, -0.25) is 9.59 Å². The van der Waals surface area contributed by atoms with Gasteiger partial charge in [-0.15, -0.1) is 0 Å². The van der Waals surface area contributed by atoms with Gasteiger partial charge in [-0.2, -0.15) is 0 Å². The molecule has 118 valence electrons. The zero-order valence-corrected chi connectivity index (χ0v) is 13.1. The van der Waals surface area contributed by atoms with Crippen LogP contribution in [0.15, 0.2) is 48.5 Å². The Balaban J connectivity index is 1.70. The van der Waals surface area contributed by atoms with Crippen molar-refractivity contribution in [3.63, 3.8) is 0 Å².